The van der Waals surface area contributed by atoms with E-state index in [1.807, 2.05) is 11.8 Å². The first-order valence-electron chi connectivity index (χ1n) is 4.61. The van der Waals surface area contributed by atoms with Gasteiger partial charge in [0.05, 0.1) is 12.4 Å². The minimum absolute atomic E-state index is 0.399. The number of nitrogens with two attached hydrogens (primary N) is 1. The molecule has 0 aromatic heterocycles. The van der Waals surface area contributed by atoms with Gasteiger partial charge in [-0.25, -0.2) is 0 Å². The largest absolute Gasteiger partial charge is 0.387 e. The quantitative estimate of drug-likeness (QED) is 0.540. The topological polar surface area (TPSA) is 38.4 Å². The van der Waals surface area contributed by atoms with E-state index in [1.165, 1.54) is 18.6 Å². The molecule has 0 spiro atoms. The monoisotopic (exact) mass is 186 g/mol. The molecular weight excluding hydrogens is 168 g/mol. The molecule has 1 heterocycles. The maximum Gasteiger partial charge on any atom is 0.0963 e. The number of thioether (sulfide) groups is 1. The molecule has 12 heavy (non-hydrogen) atoms. The molecule has 0 bridgehead atoms. The van der Waals surface area contributed by atoms with Crippen LogP contribution in [0.4, 0.5) is 0 Å². The average molecular weight is 186 g/mol. The number of nitrogens with zero attached hydrogens (tertiary/aromatic N) is 1. The molecular formula is C9H18N2S. The fourth-order valence-electron chi connectivity index (χ4n) is 1.18. The second kappa shape index (κ2) is 4.75. The van der Waals surface area contributed by atoms with Crippen LogP contribution in [0, 0.1) is 5.92 Å². The fraction of sp³-hybridized carbons (Fsp3) is 0.889. The van der Waals surface area contributed by atoms with E-state index < -0.39 is 0 Å². The molecule has 0 saturated carbocycles. The number of hydrogen-bond donors (Lipinski definition) is 1. The van der Waals surface area contributed by atoms with Crippen molar-refractivity contribution in [2.75, 3.05) is 12.3 Å². The van der Waals surface area contributed by atoms with E-state index in [1.54, 1.807) is 0 Å². The van der Waals surface area contributed by atoms with Crippen molar-refractivity contribution < 1.29 is 0 Å². The Bertz CT molecular complexity index is 160. The highest BCUT2D eigenvalue weighted by Gasteiger charge is 2.14. The predicted octanol–water partition coefficient (Wildman–Crippen LogP) is 1.90. The van der Waals surface area contributed by atoms with Crippen LogP contribution in [0.1, 0.15) is 26.7 Å². The van der Waals surface area contributed by atoms with Crippen molar-refractivity contribution in [2.45, 2.75) is 31.9 Å². The molecule has 0 aromatic carbocycles. The minimum Gasteiger partial charge on any atom is -0.387 e. The van der Waals surface area contributed by atoms with Crippen LogP contribution in [0.5, 0.6) is 0 Å². The van der Waals surface area contributed by atoms with Crippen molar-refractivity contribution in [3.63, 3.8) is 0 Å². The molecule has 1 unspecified atom stereocenters. The highest BCUT2D eigenvalue weighted by Crippen LogP contribution is 2.26. The maximum absolute atomic E-state index is 5.74. The molecule has 0 aliphatic carbocycles. The molecule has 1 saturated heterocycles. The lowest BCUT2D eigenvalue weighted by molar-refractivity contribution is 0.774. The van der Waals surface area contributed by atoms with E-state index >= 15 is 0 Å². The second-order valence-electron chi connectivity index (χ2n) is 3.56. The summed E-state index contributed by atoms with van der Waals surface area (Å²) < 4.78 is 0. The molecule has 0 amide bonds. The van der Waals surface area contributed by atoms with Crippen molar-refractivity contribution >= 4 is 17.6 Å². The number of amidine groups is 1. The zero-order valence-electron chi connectivity index (χ0n) is 7.92. The Hall–Kier alpha value is -0.180. The van der Waals surface area contributed by atoms with Gasteiger partial charge in [-0.2, -0.15) is 11.8 Å². The molecule has 0 radical (unpaired) electrons. The van der Waals surface area contributed by atoms with Crippen LogP contribution in [0.15, 0.2) is 4.99 Å². The van der Waals surface area contributed by atoms with Gasteiger partial charge in [0.15, 0.2) is 0 Å². The Morgan fingerprint density at radius 1 is 1.67 bits per heavy atom. The molecule has 2 nitrogen and oxygen atoms in total. The molecule has 1 atom stereocenters. The van der Waals surface area contributed by atoms with E-state index in [0.29, 0.717) is 5.92 Å². The first-order chi connectivity index (χ1) is 5.70. The summed E-state index contributed by atoms with van der Waals surface area (Å²) in [6, 6.07) is 0. The van der Waals surface area contributed by atoms with Crippen molar-refractivity contribution in [1.82, 2.24) is 0 Å². The van der Waals surface area contributed by atoms with Crippen LogP contribution in [-0.4, -0.2) is 23.4 Å². The van der Waals surface area contributed by atoms with Crippen LogP contribution in [-0.2, 0) is 0 Å². The SMILES string of the molecule is CC(C)C(N)=NCC1CCCS1. The van der Waals surface area contributed by atoms with E-state index in [2.05, 4.69) is 18.8 Å². The Labute approximate surface area is 79.0 Å². The lowest BCUT2D eigenvalue weighted by Gasteiger charge is -2.07. The summed E-state index contributed by atoms with van der Waals surface area (Å²) in [5.74, 6) is 2.51. The zero-order chi connectivity index (χ0) is 8.97. The summed E-state index contributed by atoms with van der Waals surface area (Å²) >= 11 is 2.03. The highest BCUT2D eigenvalue weighted by atomic mass is 32.2. The Balaban J connectivity index is 2.26. The van der Waals surface area contributed by atoms with E-state index in [-0.39, 0.29) is 0 Å². The standard InChI is InChI=1S/C9H18N2S/c1-7(2)9(10)11-6-8-4-3-5-12-8/h7-8H,3-6H2,1-2H3,(H2,10,11). The zero-order valence-corrected chi connectivity index (χ0v) is 8.73. The molecule has 1 fully saturated rings. The van der Waals surface area contributed by atoms with Crippen molar-refractivity contribution in [3.8, 4) is 0 Å². The van der Waals surface area contributed by atoms with Gasteiger partial charge in [0.25, 0.3) is 0 Å². The molecule has 70 valence electrons. The summed E-state index contributed by atoms with van der Waals surface area (Å²) in [5, 5.41) is 0.738. The number of aliphatic imine (C=N–C) groups is 1. The Morgan fingerprint density at radius 3 is 2.92 bits per heavy atom. The molecule has 2 N–H and O–H groups in total. The summed E-state index contributed by atoms with van der Waals surface area (Å²) in [7, 11) is 0. The van der Waals surface area contributed by atoms with Gasteiger partial charge in [-0.05, 0) is 18.6 Å². The number of hydrogen-bond acceptors (Lipinski definition) is 2. The van der Waals surface area contributed by atoms with Gasteiger partial charge in [0.1, 0.15) is 0 Å². The third-order valence-electron chi connectivity index (χ3n) is 2.09. The van der Waals surface area contributed by atoms with Crippen LogP contribution in [0.25, 0.3) is 0 Å². The summed E-state index contributed by atoms with van der Waals surface area (Å²) in [6.07, 6.45) is 2.67. The summed E-state index contributed by atoms with van der Waals surface area (Å²) in [6.45, 7) is 5.09. The van der Waals surface area contributed by atoms with Gasteiger partial charge < -0.3 is 5.73 Å². The van der Waals surface area contributed by atoms with Crippen LogP contribution >= 0.6 is 11.8 Å². The number of rotatable bonds is 3. The predicted molar refractivity (Wildman–Crippen MR) is 56.8 cm³/mol. The smallest absolute Gasteiger partial charge is 0.0963 e. The lowest BCUT2D eigenvalue weighted by Crippen LogP contribution is -2.20. The van der Waals surface area contributed by atoms with Gasteiger partial charge in [0, 0.05) is 11.2 Å². The normalized spacial score (nSPS) is 25.2. The molecule has 3 heteroatoms. The second-order valence-corrected chi connectivity index (χ2v) is 4.96. The fourth-order valence-corrected chi connectivity index (χ4v) is 2.36. The highest BCUT2D eigenvalue weighted by molar-refractivity contribution is 8.00. The third-order valence-corrected chi connectivity index (χ3v) is 3.47. The Morgan fingerprint density at radius 2 is 2.42 bits per heavy atom. The molecule has 1 aliphatic heterocycles. The molecule has 0 aromatic rings. The van der Waals surface area contributed by atoms with Gasteiger partial charge in [-0.15, -0.1) is 0 Å². The minimum atomic E-state index is 0.399. The van der Waals surface area contributed by atoms with E-state index in [4.69, 9.17) is 5.73 Å². The molecule has 1 rings (SSSR count). The van der Waals surface area contributed by atoms with Gasteiger partial charge >= 0.3 is 0 Å². The van der Waals surface area contributed by atoms with E-state index in [9.17, 15) is 0 Å². The maximum atomic E-state index is 5.74. The summed E-state index contributed by atoms with van der Waals surface area (Å²) in [5.41, 5.74) is 5.74. The van der Waals surface area contributed by atoms with Gasteiger partial charge in [-0.1, -0.05) is 13.8 Å². The molecule has 1 aliphatic rings. The van der Waals surface area contributed by atoms with Crippen molar-refractivity contribution in [2.24, 2.45) is 16.6 Å². The first-order valence-corrected chi connectivity index (χ1v) is 5.66. The third kappa shape index (κ3) is 3.05. The van der Waals surface area contributed by atoms with Crippen LogP contribution in [0.2, 0.25) is 0 Å². The van der Waals surface area contributed by atoms with Crippen molar-refractivity contribution in [1.29, 1.82) is 0 Å². The Kier molecular flexibility index (Phi) is 3.92. The van der Waals surface area contributed by atoms with Gasteiger partial charge in [-0.3, -0.25) is 4.99 Å². The van der Waals surface area contributed by atoms with Crippen LogP contribution < -0.4 is 5.73 Å². The average Bonchev–Trinajstić information content (AvgIpc) is 2.51. The first kappa shape index (κ1) is 9.90. The van der Waals surface area contributed by atoms with Gasteiger partial charge in [0.2, 0.25) is 0 Å². The lowest BCUT2D eigenvalue weighted by atomic mass is 10.2. The van der Waals surface area contributed by atoms with Crippen molar-refractivity contribution in [3.05, 3.63) is 0 Å². The summed E-state index contributed by atoms with van der Waals surface area (Å²) in [4.78, 5) is 4.38. The van der Waals surface area contributed by atoms with Crippen LogP contribution in [0.3, 0.4) is 0 Å². The van der Waals surface area contributed by atoms with E-state index in [0.717, 1.165) is 17.6 Å².